The molecule has 3 rings (SSSR count). The molecule has 0 saturated carbocycles. The van der Waals surface area contributed by atoms with E-state index in [0.29, 0.717) is 22.4 Å². The number of nitrogens with zero attached hydrogens (tertiary/aromatic N) is 2. The van der Waals surface area contributed by atoms with Crippen LogP contribution in [0.1, 0.15) is 36.8 Å². The summed E-state index contributed by atoms with van der Waals surface area (Å²) in [5, 5.41) is 0. The van der Waals surface area contributed by atoms with Crippen molar-refractivity contribution < 1.29 is 14.4 Å². The van der Waals surface area contributed by atoms with Crippen molar-refractivity contribution in [3.05, 3.63) is 65.0 Å². The van der Waals surface area contributed by atoms with Gasteiger partial charge in [0.25, 0.3) is 17.7 Å². The lowest BCUT2D eigenvalue weighted by Gasteiger charge is -2.13. The number of imide groups is 1. The molecule has 0 unspecified atom stereocenters. The fourth-order valence-electron chi connectivity index (χ4n) is 2.28. The van der Waals surface area contributed by atoms with Crippen LogP contribution in [0.4, 0.5) is 0 Å². The summed E-state index contributed by atoms with van der Waals surface area (Å²) in [6, 6.07) is 9.78. The number of fused-ring (bicyclic) bond motifs is 1. The summed E-state index contributed by atoms with van der Waals surface area (Å²) in [6.45, 7) is 0.0525. The summed E-state index contributed by atoms with van der Waals surface area (Å²) >= 11 is 0. The molecule has 1 aliphatic rings. The number of hydrogen-bond donors (Lipinski definition) is 2. The lowest BCUT2D eigenvalue weighted by atomic mass is 10.1. The Labute approximate surface area is 125 Å². The average Bonchev–Trinajstić information content (AvgIpc) is 2.80. The van der Waals surface area contributed by atoms with E-state index in [-0.39, 0.29) is 18.4 Å². The molecule has 0 bridgehead atoms. The maximum absolute atomic E-state index is 12.2. The Morgan fingerprint density at radius 3 is 2.23 bits per heavy atom. The van der Waals surface area contributed by atoms with E-state index in [9.17, 15) is 14.4 Å². The number of aromatic nitrogens is 1. The van der Waals surface area contributed by atoms with Crippen LogP contribution in [-0.2, 0) is 6.54 Å². The van der Waals surface area contributed by atoms with Gasteiger partial charge in [-0.15, -0.1) is 0 Å². The number of benzene rings is 1. The lowest BCUT2D eigenvalue weighted by molar-refractivity contribution is 0.0640. The molecule has 0 fully saturated rings. The lowest BCUT2D eigenvalue weighted by Crippen LogP contribution is -2.31. The Kier molecular flexibility index (Phi) is 3.40. The third-order valence-corrected chi connectivity index (χ3v) is 3.42. The molecule has 1 aliphatic heterocycles. The molecule has 0 saturated heterocycles. The van der Waals surface area contributed by atoms with Crippen LogP contribution in [0.25, 0.3) is 0 Å². The van der Waals surface area contributed by atoms with E-state index in [0.717, 1.165) is 4.90 Å². The summed E-state index contributed by atoms with van der Waals surface area (Å²) in [5.41, 5.74) is 3.59. The molecule has 0 spiro atoms. The Bertz CT molecular complexity index is 736. The summed E-state index contributed by atoms with van der Waals surface area (Å²) in [6.07, 6.45) is 1.34. The summed E-state index contributed by atoms with van der Waals surface area (Å²) in [5.74, 6) is 3.89. The van der Waals surface area contributed by atoms with Gasteiger partial charge >= 0.3 is 0 Å². The number of hydrogen-bond acceptors (Lipinski definition) is 5. The van der Waals surface area contributed by atoms with Crippen LogP contribution < -0.4 is 11.3 Å². The number of rotatable bonds is 3. The van der Waals surface area contributed by atoms with Crippen molar-refractivity contribution in [2.45, 2.75) is 6.54 Å². The molecule has 0 radical (unpaired) electrons. The van der Waals surface area contributed by atoms with Crippen LogP contribution in [0.2, 0.25) is 0 Å². The van der Waals surface area contributed by atoms with Gasteiger partial charge in [0.05, 0.1) is 28.9 Å². The molecule has 110 valence electrons. The highest BCUT2D eigenvalue weighted by Crippen LogP contribution is 2.23. The highest BCUT2D eigenvalue weighted by molar-refractivity contribution is 6.21. The van der Waals surface area contributed by atoms with Crippen molar-refractivity contribution in [2.24, 2.45) is 5.84 Å². The van der Waals surface area contributed by atoms with Gasteiger partial charge in [0.1, 0.15) is 0 Å². The van der Waals surface area contributed by atoms with Crippen molar-refractivity contribution >= 4 is 17.7 Å². The third-order valence-electron chi connectivity index (χ3n) is 3.42. The minimum absolute atomic E-state index is 0.0525. The Morgan fingerprint density at radius 1 is 1.09 bits per heavy atom. The quantitative estimate of drug-likeness (QED) is 0.371. The van der Waals surface area contributed by atoms with Gasteiger partial charge in [-0.1, -0.05) is 12.1 Å². The number of hydrazine groups is 1. The molecule has 2 aromatic rings. The molecule has 3 N–H and O–H groups in total. The van der Waals surface area contributed by atoms with Gasteiger partial charge in [-0.3, -0.25) is 29.7 Å². The SMILES string of the molecule is NNC(=O)c1ccc(CN2C(=O)c3ccccc3C2=O)nc1. The first-order chi connectivity index (χ1) is 10.6. The normalized spacial score (nSPS) is 13.2. The number of nitrogen functional groups attached to an aromatic ring is 1. The van der Waals surface area contributed by atoms with Gasteiger partial charge in [-0.05, 0) is 24.3 Å². The Hall–Kier alpha value is -3.06. The van der Waals surface area contributed by atoms with Crippen molar-refractivity contribution in [1.82, 2.24) is 15.3 Å². The number of carbonyl (C=O) groups excluding carboxylic acids is 3. The van der Waals surface area contributed by atoms with Crippen molar-refractivity contribution in [2.75, 3.05) is 0 Å². The summed E-state index contributed by atoms with van der Waals surface area (Å²) in [4.78, 5) is 41.0. The third kappa shape index (κ3) is 2.23. The number of nitrogens with two attached hydrogens (primary N) is 1. The molecule has 2 heterocycles. The van der Waals surface area contributed by atoms with Gasteiger partial charge in [0.2, 0.25) is 0 Å². The summed E-state index contributed by atoms with van der Waals surface area (Å²) < 4.78 is 0. The van der Waals surface area contributed by atoms with Gasteiger partial charge in [0.15, 0.2) is 0 Å². The predicted molar refractivity (Wildman–Crippen MR) is 76.5 cm³/mol. The van der Waals surface area contributed by atoms with Gasteiger partial charge in [-0.25, -0.2) is 5.84 Å². The predicted octanol–water partition coefficient (Wildman–Crippen LogP) is 0.481. The fourth-order valence-corrected chi connectivity index (χ4v) is 2.28. The topological polar surface area (TPSA) is 105 Å². The standard InChI is InChI=1S/C15H12N4O3/c16-18-13(20)9-5-6-10(17-7-9)8-19-14(21)11-3-1-2-4-12(11)15(19)22/h1-7H,8,16H2,(H,18,20). The first-order valence-corrected chi connectivity index (χ1v) is 6.53. The fraction of sp³-hybridized carbons (Fsp3) is 0.0667. The number of nitrogens with one attached hydrogen (secondary N) is 1. The second-order valence-corrected chi connectivity index (χ2v) is 4.75. The summed E-state index contributed by atoms with van der Waals surface area (Å²) in [7, 11) is 0. The van der Waals surface area contributed by atoms with E-state index in [2.05, 4.69) is 4.98 Å². The highest BCUT2D eigenvalue weighted by atomic mass is 16.2. The van der Waals surface area contributed by atoms with Crippen molar-refractivity contribution in [1.29, 1.82) is 0 Å². The average molecular weight is 296 g/mol. The second-order valence-electron chi connectivity index (χ2n) is 4.75. The van der Waals surface area contributed by atoms with Crippen LogP contribution >= 0.6 is 0 Å². The monoisotopic (exact) mass is 296 g/mol. The van der Waals surface area contributed by atoms with E-state index in [4.69, 9.17) is 5.84 Å². The smallest absolute Gasteiger partial charge is 0.266 e. The number of carbonyl (C=O) groups is 3. The molecule has 3 amide bonds. The minimum Gasteiger partial charge on any atom is -0.290 e. The molecule has 1 aromatic carbocycles. The molecule has 0 aliphatic carbocycles. The molecule has 0 atom stereocenters. The van der Waals surface area contributed by atoms with Gasteiger partial charge < -0.3 is 0 Å². The molecular weight excluding hydrogens is 284 g/mol. The minimum atomic E-state index is -0.459. The largest absolute Gasteiger partial charge is 0.290 e. The maximum atomic E-state index is 12.2. The molecule has 7 heteroatoms. The zero-order valence-corrected chi connectivity index (χ0v) is 11.4. The Morgan fingerprint density at radius 2 is 1.73 bits per heavy atom. The Balaban J connectivity index is 1.81. The van der Waals surface area contributed by atoms with E-state index in [1.165, 1.54) is 12.3 Å². The molecule has 7 nitrogen and oxygen atoms in total. The van der Waals surface area contributed by atoms with E-state index in [1.54, 1.807) is 30.3 Å². The van der Waals surface area contributed by atoms with Crippen LogP contribution in [0, 0.1) is 0 Å². The zero-order valence-electron chi connectivity index (χ0n) is 11.4. The molecule has 22 heavy (non-hydrogen) atoms. The van der Waals surface area contributed by atoms with Gasteiger partial charge in [-0.2, -0.15) is 0 Å². The van der Waals surface area contributed by atoms with Crippen LogP contribution in [0.5, 0.6) is 0 Å². The first kappa shape index (κ1) is 13.9. The maximum Gasteiger partial charge on any atom is 0.266 e. The van der Waals surface area contributed by atoms with E-state index < -0.39 is 5.91 Å². The zero-order chi connectivity index (χ0) is 15.7. The van der Waals surface area contributed by atoms with Crippen molar-refractivity contribution in [3.63, 3.8) is 0 Å². The van der Waals surface area contributed by atoms with E-state index >= 15 is 0 Å². The van der Waals surface area contributed by atoms with Crippen LogP contribution in [0.3, 0.4) is 0 Å². The van der Waals surface area contributed by atoms with Crippen LogP contribution in [0.15, 0.2) is 42.6 Å². The van der Waals surface area contributed by atoms with Crippen LogP contribution in [-0.4, -0.2) is 27.6 Å². The highest BCUT2D eigenvalue weighted by Gasteiger charge is 2.35. The first-order valence-electron chi connectivity index (χ1n) is 6.53. The van der Waals surface area contributed by atoms with E-state index in [1.807, 2.05) is 5.43 Å². The number of amides is 3. The molecular formula is C15H12N4O3. The van der Waals surface area contributed by atoms with Crippen molar-refractivity contribution in [3.8, 4) is 0 Å². The molecule has 1 aromatic heterocycles. The van der Waals surface area contributed by atoms with Gasteiger partial charge in [0, 0.05) is 6.20 Å². The number of pyridine rings is 1. The second kappa shape index (κ2) is 5.38.